The Balaban J connectivity index is 1.46. The molecule has 0 amide bonds. The summed E-state index contributed by atoms with van der Waals surface area (Å²) in [5, 5.41) is 4.84. The molecule has 0 bridgehead atoms. The number of H-pyrrole nitrogens is 1. The Hall–Kier alpha value is -2.26. The molecule has 0 saturated heterocycles. The van der Waals surface area contributed by atoms with Crippen LogP contribution in [-0.4, -0.2) is 18.1 Å². The summed E-state index contributed by atoms with van der Waals surface area (Å²) in [6.45, 7) is 4.75. The zero-order valence-electron chi connectivity index (χ0n) is 13.6. The molecule has 0 fully saturated rings. The van der Waals surface area contributed by atoms with Gasteiger partial charge in [-0.1, -0.05) is 37.3 Å². The average molecular weight is 308 g/mol. The molecule has 2 N–H and O–H groups in total. The highest BCUT2D eigenvalue weighted by atomic mass is 16.5. The summed E-state index contributed by atoms with van der Waals surface area (Å²) in [7, 11) is 0. The van der Waals surface area contributed by atoms with Crippen molar-refractivity contribution >= 4 is 10.9 Å². The van der Waals surface area contributed by atoms with E-state index >= 15 is 0 Å². The molecule has 0 aliphatic rings. The Bertz CT molecular complexity index is 731. The second kappa shape index (κ2) is 7.84. The Morgan fingerprint density at radius 1 is 1.04 bits per heavy atom. The van der Waals surface area contributed by atoms with Gasteiger partial charge in [-0.25, -0.2) is 0 Å². The van der Waals surface area contributed by atoms with Gasteiger partial charge in [-0.05, 0) is 48.7 Å². The van der Waals surface area contributed by atoms with Gasteiger partial charge in [0, 0.05) is 23.6 Å². The largest absolute Gasteiger partial charge is 0.494 e. The molecule has 0 spiro atoms. The van der Waals surface area contributed by atoms with Crippen LogP contribution in [0.2, 0.25) is 0 Å². The Morgan fingerprint density at radius 2 is 1.87 bits per heavy atom. The van der Waals surface area contributed by atoms with E-state index in [2.05, 4.69) is 59.8 Å². The fourth-order valence-corrected chi connectivity index (χ4v) is 2.72. The van der Waals surface area contributed by atoms with Crippen LogP contribution >= 0.6 is 0 Å². The SMILES string of the molecule is CCCOc1ccc(CNCCc2c[nH]c3ccccc23)cc1. The van der Waals surface area contributed by atoms with Crippen molar-refractivity contribution in [2.24, 2.45) is 0 Å². The lowest BCUT2D eigenvalue weighted by molar-refractivity contribution is 0.317. The number of hydrogen-bond acceptors (Lipinski definition) is 2. The van der Waals surface area contributed by atoms with Crippen molar-refractivity contribution in [2.45, 2.75) is 26.3 Å². The summed E-state index contributed by atoms with van der Waals surface area (Å²) >= 11 is 0. The highest BCUT2D eigenvalue weighted by Crippen LogP contribution is 2.17. The van der Waals surface area contributed by atoms with Crippen LogP contribution < -0.4 is 10.1 Å². The number of aromatic amines is 1. The standard InChI is InChI=1S/C20H24N2O/c1-2-13-23-18-9-7-16(8-10-18)14-21-12-11-17-15-22-20-6-4-3-5-19(17)20/h3-10,15,21-22H,2,11-14H2,1H3. The van der Waals surface area contributed by atoms with Gasteiger partial charge in [0.25, 0.3) is 0 Å². The van der Waals surface area contributed by atoms with E-state index in [4.69, 9.17) is 4.74 Å². The molecule has 0 unspecified atom stereocenters. The predicted octanol–water partition coefficient (Wildman–Crippen LogP) is 4.29. The van der Waals surface area contributed by atoms with E-state index in [9.17, 15) is 0 Å². The fraction of sp³-hybridized carbons (Fsp3) is 0.300. The number of benzene rings is 2. The third-order valence-corrected chi connectivity index (χ3v) is 3.97. The van der Waals surface area contributed by atoms with Crippen LogP contribution in [0.3, 0.4) is 0 Å². The van der Waals surface area contributed by atoms with Crippen molar-refractivity contribution < 1.29 is 4.74 Å². The number of hydrogen-bond donors (Lipinski definition) is 2. The van der Waals surface area contributed by atoms with Gasteiger partial charge in [-0.3, -0.25) is 0 Å². The lowest BCUT2D eigenvalue weighted by atomic mass is 10.1. The second-order valence-corrected chi connectivity index (χ2v) is 5.78. The molecular weight excluding hydrogens is 284 g/mol. The molecule has 3 nitrogen and oxygen atoms in total. The minimum absolute atomic E-state index is 0.780. The van der Waals surface area contributed by atoms with E-state index in [1.54, 1.807) is 0 Å². The van der Waals surface area contributed by atoms with Gasteiger partial charge in [-0.15, -0.1) is 0 Å². The van der Waals surface area contributed by atoms with E-state index in [0.29, 0.717) is 0 Å². The van der Waals surface area contributed by atoms with Gasteiger partial charge in [0.15, 0.2) is 0 Å². The molecule has 1 heterocycles. The zero-order valence-corrected chi connectivity index (χ0v) is 13.6. The monoisotopic (exact) mass is 308 g/mol. The molecule has 120 valence electrons. The molecule has 0 radical (unpaired) electrons. The van der Waals surface area contributed by atoms with Gasteiger partial charge in [0.1, 0.15) is 5.75 Å². The van der Waals surface area contributed by atoms with Gasteiger partial charge in [0.2, 0.25) is 0 Å². The van der Waals surface area contributed by atoms with E-state index in [1.165, 1.54) is 22.0 Å². The van der Waals surface area contributed by atoms with Gasteiger partial charge < -0.3 is 15.0 Å². The summed E-state index contributed by atoms with van der Waals surface area (Å²) in [6.07, 6.45) is 4.19. The number of rotatable bonds is 8. The van der Waals surface area contributed by atoms with Crippen LogP contribution in [0.1, 0.15) is 24.5 Å². The van der Waals surface area contributed by atoms with Crippen LogP contribution in [0.5, 0.6) is 5.75 Å². The minimum Gasteiger partial charge on any atom is -0.494 e. The average Bonchev–Trinajstić information content (AvgIpc) is 3.01. The normalized spacial score (nSPS) is 11.0. The van der Waals surface area contributed by atoms with Crippen LogP contribution in [0.4, 0.5) is 0 Å². The van der Waals surface area contributed by atoms with Crippen LogP contribution in [0.25, 0.3) is 10.9 Å². The number of para-hydroxylation sites is 1. The molecule has 23 heavy (non-hydrogen) atoms. The lowest BCUT2D eigenvalue weighted by Crippen LogP contribution is -2.16. The molecular formula is C20H24N2O. The summed E-state index contributed by atoms with van der Waals surface area (Å²) in [6, 6.07) is 16.8. The smallest absolute Gasteiger partial charge is 0.119 e. The van der Waals surface area contributed by atoms with Crippen molar-refractivity contribution in [2.75, 3.05) is 13.2 Å². The zero-order chi connectivity index (χ0) is 15.9. The maximum absolute atomic E-state index is 5.60. The number of nitrogens with one attached hydrogen (secondary N) is 2. The van der Waals surface area contributed by atoms with Crippen molar-refractivity contribution in [3.63, 3.8) is 0 Å². The first kappa shape index (κ1) is 15.6. The van der Waals surface area contributed by atoms with Crippen LogP contribution in [0, 0.1) is 0 Å². The molecule has 3 rings (SSSR count). The molecule has 0 aliphatic heterocycles. The number of fused-ring (bicyclic) bond motifs is 1. The topological polar surface area (TPSA) is 37.0 Å². The van der Waals surface area contributed by atoms with Gasteiger partial charge in [-0.2, -0.15) is 0 Å². The minimum atomic E-state index is 0.780. The molecule has 0 aliphatic carbocycles. The van der Waals surface area contributed by atoms with Crippen LogP contribution in [0.15, 0.2) is 54.7 Å². The van der Waals surface area contributed by atoms with E-state index in [1.807, 2.05) is 12.1 Å². The maximum atomic E-state index is 5.60. The predicted molar refractivity (Wildman–Crippen MR) is 95.9 cm³/mol. The summed E-state index contributed by atoms with van der Waals surface area (Å²) < 4.78 is 5.60. The molecule has 3 heteroatoms. The van der Waals surface area contributed by atoms with Gasteiger partial charge >= 0.3 is 0 Å². The van der Waals surface area contributed by atoms with E-state index in [0.717, 1.165) is 38.3 Å². The molecule has 2 aromatic carbocycles. The van der Waals surface area contributed by atoms with Crippen molar-refractivity contribution in [1.82, 2.24) is 10.3 Å². The van der Waals surface area contributed by atoms with Crippen molar-refractivity contribution in [3.05, 3.63) is 65.9 Å². The number of ether oxygens (including phenoxy) is 1. The third-order valence-electron chi connectivity index (χ3n) is 3.97. The van der Waals surface area contributed by atoms with Crippen molar-refractivity contribution in [1.29, 1.82) is 0 Å². The lowest BCUT2D eigenvalue weighted by Gasteiger charge is -2.07. The van der Waals surface area contributed by atoms with E-state index in [-0.39, 0.29) is 0 Å². The Labute approximate surface area is 137 Å². The highest BCUT2D eigenvalue weighted by Gasteiger charge is 2.02. The Kier molecular flexibility index (Phi) is 5.33. The summed E-state index contributed by atoms with van der Waals surface area (Å²) in [5.74, 6) is 0.953. The quantitative estimate of drug-likeness (QED) is 0.609. The second-order valence-electron chi connectivity index (χ2n) is 5.78. The fourth-order valence-electron chi connectivity index (χ4n) is 2.72. The van der Waals surface area contributed by atoms with Gasteiger partial charge in [0.05, 0.1) is 6.61 Å². The molecule has 1 aromatic heterocycles. The first-order valence-electron chi connectivity index (χ1n) is 8.34. The summed E-state index contributed by atoms with van der Waals surface area (Å²) in [5.41, 5.74) is 3.87. The first-order chi connectivity index (χ1) is 11.4. The maximum Gasteiger partial charge on any atom is 0.119 e. The number of aromatic nitrogens is 1. The highest BCUT2D eigenvalue weighted by molar-refractivity contribution is 5.83. The molecule has 3 aromatic rings. The van der Waals surface area contributed by atoms with E-state index < -0.39 is 0 Å². The third kappa shape index (κ3) is 4.14. The first-order valence-corrected chi connectivity index (χ1v) is 8.34. The van der Waals surface area contributed by atoms with Crippen LogP contribution in [-0.2, 0) is 13.0 Å². The van der Waals surface area contributed by atoms with Crippen molar-refractivity contribution in [3.8, 4) is 5.75 Å². The molecule has 0 saturated carbocycles. The Morgan fingerprint density at radius 3 is 2.70 bits per heavy atom. The molecule has 0 atom stereocenters. The summed E-state index contributed by atoms with van der Waals surface area (Å²) in [4.78, 5) is 3.33.